The summed E-state index contributed by atoms with van der Waals surface area (Å²) in [6.07, 6.45) is 0.523. The van der Waals surface area contributed by atoms with Gasteiger partial charge in [0.05, 0.1) is 16.6 Å². The lowest BCUT2D eigenvalue weighted by molar-refractivity contribution is -0.137. The first-order valence-corrected chi connectivity index (χ1v) is 10.4. The number of rotatable bonds is 5. The third-order valence-corrected chi connectivity index (χ3v) is 6.75. The Morgan fingerprint density at radius 1 is 1.22 bits per heavy atom. The van der Waals surface area contributed by atoms with Crippen LogP contribution in [0.15, 0.2) is 51.8 Å². The van der Waals surface area contributed by atoms with Crippen molar-refractivity contribution in [3.05, 3.63) is 58.1 Å². The van der Waals surface area contributed by atoms with Crippen molar-refractivity contribution in [2.75, 3.05) is 17.9 Å². The van der Waals surface area contributed by atoms with E-state index in [0.717, 1.165) is 5.56 Å². The molecule has 1 aliphatic heterocycles. The third-order valence-electron chi connectivity index (χ3n) is 4.43. The summed E-state index contributed by atoms with van der Waals surface area (Å²) >= 11 is 3.35. The average Bonchev–Trinajstić information content (AvgIpc) is 2.67. The van der Waals surface area contributed by atoms with Crippen molar-refractivity contribution in [2.24, 2.45) is 0 Å². The van der Waals surface area contributed by atoms with E-state index >= 15 is 0 Å². The predicted molar refractivity (Wildman–Crippen MR) is 110 cm³/mol. The first kappa shape index (κ1) is 21.7. The number of carbonyl (C=O) groups is 1. The van der Waals surface area contributed by atoms with Gasteiger partial charge in [0.1, 0.15) is 0 Å². The van der Waals surface area contributed by atoms with Crippen LogP contribution in [-0.4, -0.2) is 33.1 Å². The minimum atomic E-state index is -3.70. The number of aliphatic carboxylic acids is 1. The van der Waals surface area contributed by atoms with E-state index in [1.165, 1.54) is 4.31 Å². The van der Waals surface area contributed by atoms with Crippen molar-refractivity contribution in [2.45, 2.75) is 23.8 Å². The van der Waals surface area contributed by atoms with Crippen LogP contribution in [0.2, 0.25) is 0 Å². The zero-order valence-corrected chi connectivity index (χ0v) is 17.8. The second kappa shape index (κ2) is 8.60. The molecule has 1 heterocycles. The molecule has 0 saturated heterocycles. The molecule has 0 fully saturated rings. The normalized spacial score (nSPS) is 17.3. The second-order valence-electron chi connectivity index (χ2n) is 6.10. The maximum Gasteiger partial charge on any atom is 0.303 e. The molecule has 1 unspecified atom stereocenters. The highest BCUT2D eigenvalue weighted by Crippen LogP contribution is 2.40. The van der Waals surface area contributed by atoms with E-state index < -0.39 is 16.0 Å². The topological polar surface area (TPSA) is 86.7 Å². The van der Waals surface area contributed by atoms with E-state index in [9.17, 15) is 13.2 Å². The number of nitrogens with one attached hydrogen (secondary N) is 1. The van der Waals surface area contributed by atoms with Crippen molar-refractivity contribution < 1.29 is 18.3 Å². The van der Waals surface area contributed by atoms with E-state index in [0.29, 0.717) is 28.7 Å². The fraction of sp³-hybridized carbons (Fsp3) is 0.278. The molecule has 0 bridgehead atoms. The Kier molecular flexibility index (Phi) is 6.91. The summed E-state index contributed by atoms with van der Waals surface area (Å²) in [5.74, 6) is -0.847. The molecule has 9 heteroatoms. The summed E-state index contributed by atoms with van der Waals surface area (Å²) in [4.78, 5) is 11.0. The van der Waals surface area contributed by atoms with Gasteiger partial charge in [0.25, 0.3) is 10.0 Å². The Morgan fingerprint density at radius 2 is 1.93 bits per heavy atom. The summed E-state index contributed by atoms with van der Waals surface area (Å²) in [6.45, 7) is 0.463. The van der Waals surface area contributed by atoms with E-state index in [1.807, 2.05) is 18.2 Å². The third kappa shape index (κ3) is 4.29. The highest BCUT2D eigenvalue weighted by Gasteiger charge is 2.34. The number of fused-ring (bicyclic) bond motifs is 2. The van der Waals surface area contributed by atoms with Crippen LogP contribution >= 0.6 is 28.3 Å². The monoisotopic (exact) mass is 474 g/mol. The van der Waals surface area contributed by atoms with Gasteiger partial charge in [-0.1, -0.05) is 40.2 Å². The minimum Gasteiger partial charge on any atom is -0.481 e. The number of carboxylic acids is 1. The number of anilines is 1. The Bertz CT molecular complexity index is 952. The fourth-order valence-corrected chi connectivity index (χ4v) is 5.13. The van der Waals surface area contributed by atoms with Crippen LogP contribution < -0.4 is 9.62 Å². The van der Waals surface area contributed by atoms with E-state index in [4.69, 9.17) is 5.11 Å². The zero-order chi connectivity index (χ0) is 18.9. The lowest BCUT2D eigenvalue weighted by Gasteiger charge is -2.22. The molecule has 2 aromatic rings. The predicted octanol–water partition coefficient (Wildman–Crippen LogP) is 3.55. The van der Waals surface area contributed by atoms with Crippen molar-refractivity contribution in [1.82, 2.24) is 5.32 Å². The van der Waals surface area contributed by atoms with Gasteiger partial charge < -0.3 is 10.4 Å². The molecular formula is C18H20BrClN2O4S. The van der Waals surface area contributed by atoms with Gasteiger partial charge in [0.15, 0.2) is 0 Å². The first-order valence-electron chi connectivity index (χ1n) is 8.15. The van der Waals surface area contributed by atoms with Crippen molar-refractivity contribution >= 4 is 50.0 Å². The molecule has 0 aromatic heterocycles. The van der Waals surface area contributed by atoms with E-state index in [1.54, 1.807) is 31.3 Å². The number of hydrogen-bond acceptors (Lipinski definition) is 4. The summed E-state index contributed by atoms with van der Waals surface area (Å²) in [5, 5.41) is 12.2. The summed E-state index contributed by atoms with van der Waals surface area (Å²) in [6, 6.07) is 12.2. The molecule has 3 rings (SSSR count). The minimum absolute atomic E-state index is 0. The molecule has 0 spiro atoms. The quantitative estimate of drug-likeness (QED) is 0.646. The fourth-order valence-electron chi connectivity index (χ4n) is 3.14. The maximum atomic E-state index is 13.1. The van der Waals surface area contributed by atoms with Crippen molar-refractivity contribution in [1.29, 1.82) is 0 Å². The van der Waals surface area contributed by atoms with Gasteiger partial charge in [-0.05, 0) is 42.3 Å². The van der Waals surface area contributed by atoms with Crippen molar-refractivity contribution in [3.63, 3.8) is 0 Å². The molecule has 27 heavy (non-hydrogen) atoms. The molecule has 146 valence electrons. The average molecular weight is 476 g/mol. The number of para-hydroxylation sites is 1. The molecule has 2 aromatic carbocycles. The molecular weight excluding hydrogens is 456 g/mol. The van der Waals surface area contributed by atoms with Gasteiger partial charge in [0, 0.05) is 17.9 Å². The number of carboxylic acid groups (broad SMARTS) is 1. The van der Waals surface area contributed by atoms with Gasteiger partial charge in [0.2, 0.25) is 0 Å². The molecule has 0 saturated carbocycles. The van der Waals surface area contributed by atoms with Crippen LogP contribution in [-0.2, 0) is 14.8 Å². The largest absolute Gasteiger partial charge is 0.481 e. The highest BCUT2D eigenvalue weighted by molar-refractivity contribution is 9.10. The van der Waals surface area contributed by atoms with Crippen LogP contribution in [0.4, 0.5) is 5.69 Å². The molecule has 2 N–H and O–H groups in total. The number of halogens is 2. The van der Waals surface area contributed by atoms with Gasteiger partial charge in [-0.15, -0.1) is 12.4 Å². The Balaban J connectivity index is 0.00000261. The van der Waals surface area contributed by atoms with Crippen LogP contribution in [0.3, 0.4) is 0 Å². The smallest absolute Gasteiger partial charge is 0.303 e. The van der Waals surface area contributed by atoms with E-state index in [-0.39, 0.29) is 29.8 Å². The Hall–Kier alpha value is -1.61. The Morgan fingerprint density at radius 3 is 2.63 bits per heavy atom. The summed E-state index contributed by atoms with van der Waals surface area (Å²) < 4.78 is 28.2. The first-order chi connectivity index (χ1) is 12.3. The van der Waals surface area contributed by atoms with Gasteiger partial charge in [-0.3, -0.25) is 9.10 Å². The van der Waals surface area contributed by atoms with E-state index in [2.05, 4.69) is 21.2 Å². The number of benzene rings is 2. The lowest BCUT2D eigenvalue weighted by Crippen LogP contribution is -2.26. The van der Waals surface area contributed by atoms with Gasteiger partial charge in [-0.2, -0.15) is 0 Å². The van der Waals surface area contributed by atoms with Crippen LogP contribution in [0, 0.1) is 0 Å². The van der Waals surface area contributed by atoms with Crippen LogP contribution in [0.1, 0.15) is 30.0 Å². The highest BCUT2D eigenvalue weighted by atomic mass is 79.9. The van der Waals surface area contributed by atoms with Gasteiger partial charge in [-0.25, -0.2) is 8.42 Å². The number of nitrogens with zero attached hydrogens (tertiary/aromatic N) is 1. The summed E-state index contributed by atoms with van der Waals surface area (Å²) in [5.41, 5.74) is 2.10. The number of hydrogen-bond donors (Lipinski definition) is 2. The molecule has 0 radical (unpaired) electrons. The SMILES string of the molecule is CN1c2ccccc2C(NCCCC(=O)O)c2ccc(Br)cc2S1(=O)=O.Cl. The zero-order valence-electron chi connectivity index (χ0n) is 14.6. The summed E-state index contributed by atoms with van der Waals surface area (Å²) in [7, 11) is -2.15. The maximum absolute atomic E-state index is 13.1. The van der Waals surface area contributed by atoms with Gasteiger partial charge >= 0.3 is 5.97 Å². The van der Waals surface area contributed by atoms with Crippen LogP contribution in [0.25, 0.3) is 0 Å². The number of sulfonamides is 1. The molecule has 6 nitrogen and oxygen atoms in total. The molecule has 0 amide bonds. The molecule has 0 aliphatic carbocycles. The second-order valence-corrected chi connectivity index (χ2v) is 8.95. The lowest BCUT2D eigenvalue weighted by atomic mass is 9.97. The van der Waals surface area contributed by atoms with Crippen LogP contribution in [0.5, 0.6) is 0 Å². The Labute approximate surface area is 173 Å². The molecule has 1 aliphatic rings. The molecule has 1 atom stereocenters. The standard InChI is InChI=1S/C18H19BrN2O4S.ClH/c1-21-15-6-3-2-5-13(15)18(20-10-4-7-17(22)23)14-9-8-12(19)11-16(14)26(21,24)25;/h2-3,5-6,8-9,11,18,20H,4,7,10H2,1H3,(H,22,23);1H. The van der Waals surface area contributed by atoms with Crippen molar-refractivity contribution in [3.8, 4) is 0 Å².